The lowest BCUT2D eigenvalue weighted by atomic mass is 9.85. The van der Waals surface area contributed by atoms with Crippen molar-refractivity contribution in [2.45, 2.75) is 323 Å². The van der Waals surface area contributed by atoms with Crippen molar-refractivity contribution >= 4 is 53.1 Å². The zero-order valence-electron chi connectivity index (χ0n) is 82.1. The van der Waals surface area contributed by atoms with Crippen molar-refractivity contribution in [2.75, 3.05) is 33.0 Å². The molecule has 0 radical (unpaired) electrons. The third kappa shape index (κ3) is 85.7. The number of halogens is 1. The minimum absolute atomic E-state index is 0.00625. The smallest absolute Gasteiger partial charge is 0.336 e. The maximum atomic E-state index is 12.3. The molecule has 0 saturated carbocycles. The molecule has 4 unspecified atom stereocenters. The first-order valence-corrected chi connectivity index (χ1v) is 40.5. The molecule has 24 heteroatoms. The molecule has 0 aromatic carbocycles. The Morgan fingerprint density at radius 3 is 1.34 bits per heavy atom. The van der Waals surface area contributed by atoms with Crippen LogP contribution in [0, 0.1) is 84.4 Å². The number of ketones is 4. The van der Waals surface area contributed by atoms with E-state index in [1.54, 1.807) is 39.0 Å². The number of nitriles is 2. The summed E-state index contributed by atoms with van der Waals surface area (Å²) in [6, 6.07) is 3.67. The quantitative estimate of drug-likeness (QED) is 0.00956. The number of allylic oxidation sites excluding steroid dienone is 1. The van der Waals surface area contributed by atoms with Crippen LogP contribution in [0.25, 0.3) is 6.08 Å². The third-order valence-electron chi connectivity index (χ3n) is 14.2. The van der Waals surface area contributed by atoms with Crippen LogP contribution in [0.5, 0.6) is 0 Å². The zero-order chi connectivity index (χ0) is 98.8. The van der Waals surface area contributed by atoms with Gasteiger partial charge in [0.25, 0.3) is 0 Å². The number of carbonyl (C=O) groups excluding carboxylic acids is 8. The normalized spacial score (nSPS) is 12.1. The van der Waals surface area contributed by atoms with Crippen molar-refractivity contribution in [1.82, 2.24) is 19.5 Å². The van der Waals surface area contributed by atoms with E-state index in [1.165, 1.54) is 31.5 Å². The highest BCUT2D eigenvalue weighted by molar-refractivity contribution is 6.00. The van der Waals surface area contributed by atoms with Crippen molar-refractivity contribution in [1.29, 1.82) is 10.5 Å². The van der Waals surface area contributed by atoms with Crippen molar-refractivity contribution in [3.8, 4) is 24.5 Å². The summed E-state index contributed by atoms with van der Waals surface area (Å²) in [7, 11) is 0. The molecule has 4 atom stereocenters. The first kappa shape index (κ1) is 131. The van der Waals surface area contributed by atoms with Gasteiger partial charge in [-0.25, -0.2) is 34.1 Å². The fourth-order valence-corrected chi connectivity index (χ4v) is 7.64. The molecular weight excluding hydrogens is 1550 g/mol. The van der Waals surface area contributed by atoms with E-state index in [1.807, 2.05) is 225 Å². The van der Waals surface area contributed by atoms with Crippen LogP contribution in [0.3, 0.4) is 0 Å². The van der Waals surface area contributed by atoms with E-state index < -0.39 is 36.3 Å². The molecule has 2 heterocycles. The predicted molar refractivity (Wildman–Crippen MR) is 494 cm³/mol. The predicted octanol–water partition coefficient (Wildman–Crippen LogP) is 20.5. The van der Waals surface area contributed by atoms with Crippen LogP contribution in [-0.4, -0.2) is 151 Å². The molecule has 0 aliphatic rings. The fourth-order valence-electron chi connectivity index (χ4n) is 7.64. The van der Waals surface area contributed by atoms with E-state index in [4.69, 9.17) is 45.4 Å². The van der Waals surface area contributed by atoms with Gasteiger partial charge in [-0.15, -0.1) is 6.42 Å². The number of hydrogen-bond acceptors (Lipinski definition) is 22. The Hall–Kier alpha value is -9.22. The van der Waals surface area contributed by atoms with Gasteiger partial charge in [0.15, 0.2) is 5.78 Å². The molecule has 0 saturated heterocycles. The number of aliphatic hydroxyl groups excluding tert-OH is 3. The average Bonchev–Trinajstić information content (AvgIpc) is 1.83. The molecule has 0 bridgehead atoms. The molecule has 2 rings (SSSR count). The summed E-state index contributed by atoms with van der Waals surface area (Å²) in [4.78, 5) is 97.7. The number of Topliss-reactive ketones (excluding diaryl/α,β-unsaturated/α-hetero) is 3. The number of carbonyl (C=O) groups is 8. The highest BCUT2D eigenvalue weighted by Crippen LogP contribution is 2.28. The van der Waals surface area contributed by atoms with E-state index >= 15 is 0 Å². The van der Waals surface area contributed by atoms with Gasteiger partial charge in [-0.2, -0.15) is 14.9 Å². The van der Waals surface area contributed by atoms with Crippen LogP contribution in [-0.2, 0) is 78.7 Å². The number of nitrogens with zero attached hydrogens (tertiary/aromatic N) is 6. The zero-order valence-corrected chi connectivity index (χ0v) is 82.1. The maximum Gasteiger partial charge on any atom is 0.336 e. The van der Waals surface area contributed by atoms with Crippen molar-refractivity contribution in [3.63, 3.8) is 0 Å². The van der Waals surface area contributed by atoms with Gasteiger partial charge in [-0.05, 0) is 130 Å². The molecule has 23 nitrogen and oxygen atoms in total. The summed E-state index contributed by atoms with van der Waals surface area (Å²) >= 11 is 0. The Balaban J connectivity index is -0.000000165. The van der Waals surface area contributed by atoms with Crippen LogP contribution in [0.15, 0.2) is 130 Å². The van der Waals surface area contributed by atoms with Gasteiger partial charge in [0.05, 0.1) is 104 Å². The molecule has 3 N–H and O–H groups in total. The van der Waals surface area contributed by atoms with Crippen LogP contribution in [0.4, 0.5) is 4.39 Å². The van der Waals surface area contributed by atoms with E-state index in [0.29, 0.717) is 56.7 Å². The molecular formula is C98H163FN6O17. The average molecular weight is 1720 g/mol. The van der Waals surface area contributed by atoms with Crippen LogP contribution >= 0.6 is 0 Å². The minimum Gasteiger partial charge on any atom is -0.463 e. The SMILES string of the molecule is C#CC(=O)CC(C)(C)C.C=C(C#N)C(O)C(C)(C)C.C=C(C#N)C(O)CC(C)(C)C.C=C(C(=O)OCC)C(O)C(C)(C)C.C=C(COC(C)C)C(=O)OCC.C=CC(=O)CC(C)(C)C.C=CC(=O)OC(C=C)C(C)(C)C.C=Cc1nccn1CC(C)(C)C.CC(=O)CC(=O)C(C)(C)C.CC(C)(C)c1cnc(F)nc1.CCOC(=O)/C=C/COC(C)(C)C. The molecule has 694 valence electrons. The molecule has 0 spiro atoms. The molecule has 2 aromatic heterocycles. The lowest BCUT2D eigenvalue weighted by molar-refractivity contribution is -0.145. The van der Waals surface area contributed by atoms with Gasteiger partial charge in [0.2, 0.25) is 5.78 Å². The van der Waals surface area contributed by atoms with Crippen molar-refractivity contribution in [2.24, 2.45) is 43.3 Å². The first-order chi connectivity index (χ1) is 54.8. The van der Waals surface area contributed by atoms with E-state index in [0.717, 1.165) is 24.0 Å². The highest BCUT2D eigenvalue weighted by atomic mass is 19.1. The van der Waals surface area contributed by atoms with E-state index in [9.17, 15) is 58.1 Å². The van der Waals surface area contributed by atoms with E-state index in [2.05, 4.69) is 98.8 Å². The number of esters is 4. The monoisotopic (exact) mass is 1720 g/mol. The summed E-state index contributed by atoms with van der Waals surface area (Å²) in [5, 5.41) is 45.1. The Bertz CT molecular complexity index is 3650. The number of rotatable bonds is 25. The Labute approximate surface area is 737 Å². The Morgan fingerprint density at radius 1 is 0.598 bits per heavy atom. The number of hydrogen-bond donors (Lipinski definition) is 3. The van der Waals surface area contributed by atoms with Crippen molar-refractivity contribution in [3.05, 3.63) is 148 Å². The number of ether oxygens (including phenoxy) is 6. The largest absolute Gasteiger partial charge is 0.463 e. The van der Waals surface area contributed by atoms with Crippen LogP contribution in [0.2, 0.25) is 0 Å². The van der Waals surface area contributed by atoms with Gasteiger partial charge in [0, 0.05) is 67.2 Å². The fraction of sp³-hybridized carbons (Fsp3) is 0.622. The number of aliphatic hydroxyl groups is 3. The summed E-state index contributed by atoms with van der Waals surface area (Å²) in [6.07, 6.45) is 19.3. The molecule has 0 amide bonds. The Kier molecular flexibility index (Phi) is 69.2. The first-order valence-electron chi connectivity index (χ1n) is 40.5. The summed E-state index contributed by atoms with van der Waals surface area (Å²) in [5.74, 6) is 1.38. The number of imidazole rings is 1. The molecule has 2 aromatic rings. The van der Waals surface area contributed by atoms with Gasteiger partial charge in [-0.1, -0.05) is 252 Å². The molecule has 0 aliphatic heterocycles. The lowest BCUT2D eigenvalue weighted by Gasteiger charge is -2.26. The van der Waals surface area contributed by atoms with Crippen LogP contribution < -0.4 is 0 Å². The number of terminal acetylenes is 1. The summed E-state index contributed by atoms with van der Waals surface area (Å²) in [6.45, 7) is 100. The Morgan fingerprint density at radius 2 is 1.05 bits per heavy atom. The molecule has 122 heavy (non-hydrogen) atoms. The van der Waals surface area contributed by atoms with Gasteiger partial charge in [0.1, 0.15) is 23.5 Å². The third-order valence-corrected chi connectivity index (χ3v) is 14.2. The second-order valence-electron chi connectivity index (χ2n) is 39.2. The van der Waals surface area contributed by atoms with Gasteiger partial charge < -0.3 is 48.3 Å². The summed E-state index contributed by atoms with van der Waals surface area (Å²) in [5.41, 5.74) is 1.05. The molecule has 0 fully saturated rings. The highest BCUT2D eigenvalue weighted by Gasteiger charge is 2.30. The topological polar surface area (TPSA) is 344 Å². The number of aromatic nitrogens is 4. The second-order valence-corrected chi connectivity index (χ2v) is 39.2. The van der Waals surface area contributed by atoms with E-state index in [-0.39, 0.29) is 126 Å². The van der Waals surface area contributed by atoms with Gasteiger partial charge in [-0.3, -0.25) is 19.2 Å². The summed E-state index contributed by atoms with van der Waals surface area (Å²) < 4.78 is 44.1. The molecule has 0 aliphatic carbocycles. The standard InChI is InChI=1S/C10H16N2.2C10H18O3.C10H16O2.C9H15NO.C9H16O3.C8H11FN2.C8H13NO.C8H14O2.C8H14O.C8H12O/c1-5-9-11-6-7-12(9)8-10(2,3)4;1-6-13-9(12)7(2)8(11)10(3,4)5;1-5-12-9(11)7-6-8-13-10(2,3)4;1-6-8(10(3,4)5)12-9(11)7-2;1-7(6-10)8(11)5-9(2,3)4;1-5-11-9(10)8(4)6-12-7(2)3;1-8(2,3)6-4-10-7(9)11-5-6;1-6(5-9)7(10)8(2,3)4;1-6(9)5-7(10)8(2,3)4;2*1-5-7(9)6-8(2,3)4/h5-7H,1,8H2,2-4H3;8,11H,2,6H2,1,3-5H3;6-7H,5,8H2,1-4H3;6-8H,1-2H2,3-5H3;8,11H,1,5H2,2-4H3;7H,4-6H2,1-3H3;4-5H,1-3H3;7,10H,1H2,2-4H3;5H2,1-4H3;5H,1,6H2,2-4H3;1H,6H2,2-4H3/b;;7-6+;;;;;;;;. The minimum atomic E-state index is -0.855. The second kappa shape index (κ2) is 64.5. The van der Waals surface area contributed by atoms with Crippen molar-refractivity contribution < 1.29 is 86.5 Å². The van der Waals surface area contributed by atoms with Gasteiger partial charge >= 0.3 is 30.0 Å². The lowest BCUT2D eigenvalue weighted by Crippen LogP contribution is -2.31. The van der Waals surface area contributed by atoms with Crippen LogP contribution in [0.1, 0.15) is 286 Å². The maximum absolute atomic E-state index is 12.3.